The average molecular weight is 386 g/mol. The molecule has 148 valence electrons. The lowest BCUT2D eigenvalue weighted by molar-refractivity contribution is -0.138. The monoisotopic (exact) mass is 386 g/mol. The zero-order valence-corrected chi connectivity index (χ0v) is 14.3. The van der Waals surface area contributed by atoms with E-state index in [0.29, 0.717) is 5.56 Å². The van der Waals surface area contributed by atoms with Gasteiger partial charge in [0, 0.05) is 0 Å². The fraction of sp³-hybridized carbons (Fsp3) is 0.588. The molecule has 2 aliphatic heterocycles. The summed E-state index contributed by atoms with van der Waals surface area (Å²) in [5.74, 6) is -0.798. The first-order valence-corrected chi connectivity index (χ1v) is 8.86. The van der Waals surface area contributed by atoms with Gasteiger partial charge in [-0.25, -0.2) is 10.4 Å². The van der Waals surface area contributed by atoms with Crippen LogP contribution in [0.5, 0.6) is 0 Å². The lowest BCUT2D eigenvalue weighted by Crippen LogP contribution is -2.64. The van der Waals surface area contributed by atoms with E-state index in [1.54, 1.807) is 5.01 Å². The number of rotatable bonds is 4. The van der Waals surface area contributed by atoms with Crippen molar-refractivity contribution >= 4 is 5.91 Å². The van der Waals surface area contributed by atoms with Crippen LogP contribution in [0.1, 0.15) is 30.0 Å². The summed E-state index contributed by atoms with van der Waals surface area (Å²) in [6, 6.07) is 4.19. The number of hydrogen-bond acceptors (Lipinski definition) is 6. The molecule has 1 saturated carbocycles. The molecule has 2 saturated heterocycles. The number of fused-ring (bicyclic) bond motifs is 1. The van der Waals surface area contributed by atoms with E-state index in [9.17, 15) is 28.2 Å². The van der Waals surface area contributed by atoms with Crippen LogP contribution < -0.4 is 16.1 Å². The number of nitrogens with one attached hydrogen (secondary N) is 3. The van der Waals surface area contributed by atoms with Crippen LogP contribution in [0.3, 0.4) is 0 Å². The van der Waals surface area contributed by atoms with E-state index < -0.39 is 36.2 Å². The zero-order chi connectivity index (χ0) is 19.3. The first-order valence-electron chi connectivity index (χ1n) is 8.86. The number of aliphatic hydroxyl groups is 2. The maximum atomic E-state index is 12.9. The molecule has 0 spiro atoms. The summed E-state index contributed by atoms with van der Waals surface area (Å²) in [5.41, 5.74) is 3.10. The number of alkyl halides is 3. The third-order valence-corrected chi connectivity index (χ3v) is 5.44. The average Bonchev–Trinajstić information content (AvgIpc) is 3.36. The largest absolute Gasteiger partial charge is 0.416 e. The molecule has 10 heteroatoms. The number of nitrogens with zero attached hydrogens (tertiary/aromatic N) is 1. The topological polar surface area (TPSA) is 96.9 Å². The van der Waals surface area contributed by atoms with Crippen molar-refractivity contribution in [1.82, 2.24) is 21.1 Å². The van der Waals surface area contributed by atoms with Crippen LogP contribution in [-0.2, 0) is 11.0 Å². The van der Waals surface area contributed by atoms with Gasteiger partial charge in [-0.05, 0) is 36.5 Å². The highest BCUT2D eigenvalue weighted by Gasteiger charge is 2.53. The lowest BCUT2D eigenvalue weighted by atomic mass is 9.94. The van der Waals surface area contributed by atoms with Crippen molar-refractivity contribution in [2.75, 3.05) is 6.61 Å². The molecule has 7 nitrogen and oxygen atoms in total. The minimum absolute atomic E-state index is 0.219. The van der Waals surface area contributed by atoms with Crippen LogP contribution in [-0.4, -0.2) is 46.3 Å². The summed E-state index contributed by atoms with van der Waals surface area (Å²) in [6.45, 7) is -0.284. The molecule has 5 N–H and O–H groups in total. The maximum absolute atomic E-state index is 12.9. The SMILES string of the molecule is O=C1NC(O)NC2C1C(CO)NN2C(c1ccc(C(F)(F)F)cc1)C1CC1. The van der Waals surface area contributed by atoms with Crippen molar-refractivity contribution < 1.29 is 28.2 Å². The van der Waals surface area contributed by atoms with Crippen LogP contribution in [0.2, 0.25) is 0 Å². The van der Waals surface area contributed by atoms with Gasteiger partial charge >= 0.3 is 6.18 Å². The van der Waals surface area contributed by atoms with Gasteiger partial charge in [-0.15, -0.1) is 0 Å². The molecule has 1 aromatic carbocycles. The molecule has 0 bridgehead atoms. The first kappa shape index (κ1) is 18.6. The Morgan fingerprint density at radius 1 is 1.22 bits per heavy atom. The van der Waals surface area contributed by atoms with Crippen molar-refractivity contribution in [3.63, 3.8) is 0 Å². The summed E-state index contributed by atoms with van der Waals surface area (Å²) >= 11 is 0. The normalized spacial score (nSPS) is 32.9. The Kier molecular flexibility index (Phi) is 4.63. The number of benzene rings is 1. The van der Waals surface area contributed by atoms with Gasteiger partial charge in [0.1, 0.15) is 0 Å². The fourth-order valence-electron chi connectivity index (χ4n) is 4.04. The molecule has 0 aromatic heterocycles. The third kappa shape index (κ3) is 3.43. The molecule has 5 atom stereocenters. The van der Waals surface area contributed by atoms with Gasteiger partial charge in [-0.1, -0.05) is 12.1 Å². The summed E-state index contributed by atoms with van der Waals surface area (Å²) < 4.78 is 38.6. The van der Waals surface area contributed by atoms with Crippen LogP contribution >= 0.6 is 0 Å². The minimum Gasteiger partial charge on any atom is -0.395 e. The van der Waals surface area contributed by atoms with Crippen molar-refractivity contribution in [1.29, 1.82) is 0 Å². The molecule has 1 aromatic rings. The quantitative estimate of drug-likeness (QED) is 0.510. The molecular formula is C17H21F3N4O3. The number of aliphatic hydroxyl groups excluding tert-OH is 2. The van der Waals surface area contributed by atoms with E-state index in [1.807, 2.05) is 0 Å². The molecule has 5 unspecified atom stereocenters. The second-order valence-corrected chi connectivity index (χ2v) is 7.28. The van der Waals surface area contributed by atoms with Gasteiger partial charge in [0.15, 0.2) is 6.35 Å². The van der Waals surface area contributed by atoms with Gasteiger partial charge in [-0.2, -0.15) is 13.2 Å². The second kappa shape index (κ2) is 6.71. The smallest absolute Gasteiger partial charge is 0.395 e. The molecule has 27 heavy (non-hydrogen) atoms. The van der Waals surface area contributed by atoms with E-state index in [0.717, 1.165) is 25.0 Å². The fourth-order valence-corrected chi connectivity index (χ4v) is 4.04. The van der Waals surface area contributed by atoms with E-state index in [-0.39, 0.29) is 24.5 Å². The molecule has 0 radical (unpaired) electrons. The number of halogens is 3. The van der Waals surface area contributed by atoms with Crippen molar-refractivity contribution in [2.45, 2.75) is 43.6 Å². The predicted octanol–water partition coefficient (Wildman–Crippen LogP) is 0.275. The van der Waals surface area contributed by atoms with Crippen LogP contribution in [0, 0.1) is 11.8 Å². The summed E-state index contributed by atoms with van der Waals surface area (Å²) in [5, 5.41) is 26.6. The van der Waals surface area contributed by atoms with Gasteiger partial charge in [0.05, 0.1) is 36.3 Å². The molecule has 3 aliphatic rings. The van der Waals surface area contributed by atoms with Gasteiger partial charge < -0.3 is 15.5 Å². The molecule has 2 heterocycles. The predicted molar refractivity (Wildman–Crippen MR) is 87.3 cm³/mol. The highest BCUT2D eigenvalue weighted by Crippen LogP contribution is 2.47. The minimum atomic E-state index is -4.40. The van der Waals surface area contributed by atoms with E-state index in [1.165, 1.54) is 12.1 Å². The Morgan fingerprint density at radius 2 is 1.89 bits per heavy atom. The summed E-state index contributed by atoms with van der Waals surface area (Å²) in [6.07, 6.45) is -4.38. The Hall–Kier alpha value is -1.72. The van der Waals surface area contributed by atoms with E-state index in [2.05, 4.69) is 16.1 Å². The third-order valence-electron chi connectivity index (χ3n) is 5.44. The maximum Gasteiger partial charge on any atom is 0.416 e. The Balaban J connectivity index is 1.65. The van der Waals surface area contributed by atoms with Crippen molar-refractivity contribution in [3.05, 3.63) is 35.4 Å². The first-order chi connectivity index (χ1) is 12.8. The molecule has 3 fully saturated rings. The Labute approximate surface area is 153 Å². The Morgan fingerprint density at radius 3 is 2.44 bits per heavy atom. The summed E-state index contributed by atoms with van der Waals surface area (Å²) in [7, 11) is 0. The van der Waals surface area contributed by atoms with Gasteiger partial charge in [-0.3, -0.25) is 10.1 Å². The zero-order valence-electron chi connectivity index (χ0n) is 14.3. The van der Waals surface area contributed by atoms with Gasteiger partial charge in [0.25, 0.3) is 0 Å². The number of carbonyl (C=O) groups is 1. The lowest BCUT2D eigenvalue weighted by Gasteiger charge is -2.38. The molecule has 1 aliphatic carbocycles. The van der Waals surface area contributed by atoms with Gasteiger partial charge in [0.2, 0.25) is 5.91 Å². The van der Waals surface area contributed by atoms with Crippen LogP contribution in [0.4, 0.5) is 13.2 Å². The Bertz CT molecular complexity index is 710. The van der Waals surface area contributed by atoms with E-state index in [4.69, 9.17) is 0 Å². The summed E-state index contributed by atoms with van der Waals surface area (Å²) in [4.78, 5) is 12.3. The van der Waals surface area contributed by atoms with Crippen LogP contribution in [0.15, 0.2) is 24.3 Å². The highest BCUT2D eigenvalue weighted by molar-refractivity contribution is 5.81. The molecule has 1 amide bonds. The standard InChI is InChI=1S/C17H21F3N4O3/c18-17(19,20)10-5-3-9(4-6-10)13(8-1-2-8)24-14-12(11(7-25)23-24)15(26)22-16(27)21-14/h3-6,8,11-14,16,21,23,25,27H,1-2,7H2,(H,22,26). The van der Waals surface area contributed by atoms with E-state index >= 15 is 0 Å². The second-order valence-electron chi connectivity index (χ2n) is 7.28. The number of carbonyl (C=O) groups excluding carboxylic acids is 1. The van der Waals surface area contributed by atoms with Crippen molar-refractivity contribution in [3.8, 4) is 0 Å². The van der Waals surface area contributed by atoms with Crippen LogP contribution in [0.25, 0.3) is 0 Å². The molecular weight excluding hydrogens is 365 g/mol. The van der Waals surface area contributed by atoms with Crippen molar-refractivity contribution in [2.24, 2.45) is 11.8 Å². The number of amides is 1. The highest BCUT2D eigenvalue weighted by atomic mass is 19.4. The number of hydrazine groups is 1. The number of hydrogen-bond donors (Lipinski definition) is 5. The molecule has 4 rings (SSSR count).